The van der Waals surface area contributed by atoms with E-state index in [1.54, 1.807) is 12.1 Å². The summed E-state index contributed by atoms with van der Waals surface area (Å²) in [5.74, 6) is 0.865. The maximum Gasteiger partial charge on any atom is 0.255 e. The molecule has 0 bridgehead atoms. The standard InChI is InChI=1S/C23H36ClN5O3/c1-28(2)14-20(30)22(15-4-8-26-9-5-15)29-10-6-16(7-11-29)27-23(31)17-12-18(24)19(25)13-21(17)32-3/h12-13,15-16,22,26H,4-11,14,25H2,1-3H3,(H,27,31). The molecule has 1 unspecified atom stereocenters. The zero-order valence-electron chi connectivity index (χ0n) is 19.3. The number of carbonyl (C=O) groups is 2. The molecule has 9 heteroatoms. The van der Waals surface area contributed by atoms with Crippen molar-refractivity contribution in [3.63, 3.8) is 0 Å². The van der Waals surface area contributed by atoms with Crippen molar-refractivity contribution in [3.05, 3.63) is 22.7 Å². The quantitative estimate of drug-likeness (QED) is 0.501. The largest absolute Gasteiger partial charge is 0.496 e. The number of piperidine rings is 2. The van der Waals surface area contributed by atoms with Crippen LogP contribution in [0.25, 0.3) is 0 Å². The van der Waals surface area contributed by atoms with Gasteiger partial charge in [0.25, 0.3) is 5.91 Å². The van der Waals surface area contributed by atoms with Crippen LogP contribution in [0.15, 0.2) is 12.1 Å². The molecule has 0 saturated carbocycles. The highest BCUT2D eigenvalue weighted by molar-refractivity contribution is 6.33. The first-order valence-electron chi connectivity index (χ1n) is 11.4. The summed E-state index contributed by atoms with van der Waals surface area (Å²) in [6.07, 6.45) is 3.65. The number of anilines is 1. The Labute approximate surface area is 195 Å². The van der Waals surface area contributed by atoms with Crippen molar-refractivity contribution < 1.29 is 14.3 Å². The number of nitrogens with two attached hydrogens (primary N) is 1. The third kappa shape index (κ3) is 6.13. The third-order valence-electron chi connectivity index (χ3n) is 6.45. The van der Waals surface area contributed by atoms with E-state index in [1.807, 2.05) is 19.0 Å². The van der Waals surface area contributed by atoms with Gasteiger partial charge in [0.15, 0.2) is 5.78 Å². The fraction of sp³-hybridized carbons (Fsp3) is 0.652. The SMILES string of the molecule is COc1cc(N)c(Cl)cc1C(=O)NC1CCN(C(C(=O)CN(C)C)C2CCNCC2)CC1. The monoisotopic (exact) mass is 465 g/mol. The molecule has 1 aromatic rings. The van der Waals surface area contributed by atoms with Crippen molar-refractivity contribution >= 4 is 29.0 Å². The first-order valence-corrected chi connectivity index (χ1v) is 11.7. The van der Waals surface area contributed by atoms with Crippen molar-refractivity contribution in [2.24, 2.45) is 5.92 Å². The molecule has 0 aromatic heterocycles. The summed E-state index contributed by atoms with van der Waals surface area (Å²) >= 11 is 6.12. The number of likely N-dealkylation sites (tertiary alicyclic amines) is 1. The first kappa shape index (κ1) is 24.8. The third-order valence-corrected chi connectivity index (χ3v) is 6.78. The van der Waals surface area contributed by atoms with Gasteiger partial charge in [0.1, 0.15) is 5.75 Å². The number of rotatable bonds is 8. The lowest BCUT2D eigenvalue weighted by atomic mass is 9.85. The molecule has 2 aliphatic rings. The van der Waals surface area contributed by atoms with Crippen LogP contribution < -0.4 is 21.1 Å². The molecule has 0 radical (unpaired) electrons. The van der Waals surface area contributed by atoms with Gasteiger partial charge in [0.2, 0.25) is 0 Å². The van der Waals surface area contributed by atoms with E-state index in [4.69, 9.17) is 22.1 Å². The van der Waals surface area contributed by atoms with Crippen LogP contribution in [0.5, 0.6) is 5.75 Å². The number of nitrogens with one attached hydrogen (secondary N) is 2. The normalized spacial score (nSPS) is 19.7. The van der Waals surface area contributed by atoms with Gasteiger partial charge in [-0.2, -0.15) is 0 Å². The lowest BCUT2D eigenvalue weighted by Crippen LogP contribution is -2.55. The van der Waals surface area contributed by atoms with Crippen LogP contribution in [-0.4, -0.2) is 87.5 Å². The number of nitrogen functional groups attached to an aromatic ring is 1. The lowest BCUT2D eigenvalue weighted by molar-refractivity contribution is -0.128. The molecule has 1 amide bonds. The predicted octanol–water partition coefficient (Wildman–Crippen LogP) is 1.62. The highest BCUT2D eigenvalue weighted by Gasteiger charge is 2.36. The molecular weight excluding hydrogens is 430 g/mol. The summed E-state index contributed by atoms with van der Waals surface area (Å²) in [4.78, 5) is 30.3. The van der Waals surface area contributed by atoms with E-state index in [0.717, 1.165) is 51.9 Å². The smallest absolute Gasteiger partial charge is 0.255 e. The molecule has 2 heterocycles. The number of methoxy groups -OCH3 is 1. The second-order valence-corrected chi connectivity index (χ2v) is 9.50. The first-order chi connectivity index (χ1) is 15.3. The van der Waals surface area contributed by atoms with E-state index >= 15 is 0 Å². The molecule has 2 fully saturated rings. The lowest BCUT2D eigenvalue weighted by Gasteiger charge is -2.42. The number of nitrogens with zero attached hydrogens (tertiary/aromatic N) is 2. The zero-order chi connectivity index (χ0) is 23.3. The Balaban J connectivity index is 1.63. The van der Waals surface area contributed by atoms with E-state index in [1.165, 1.54) is 7.11 Å². The Morgan fingerprint density at radius 1 is 1.25 bits per heavy atom. The molecule has 1 atom stereocenters. The van der Waals surface area contributed by atoms with Crippen LogP contribution in [0, 0.1) is 5.92 Å². The number of amides is 1. The van der Waals surface area contributed by atoms with Crippen LogP contribution in [0.4, 0.5) is 5.69 Å². The molecule has 0 aliphatic carbocycles. The number of Topliss-reactive ketones (excluding diaryl/α,β-unsaturated/α-hetero) is 1. The van der Waals surface area contributed by atoms with E-state index < -0.39 is 0 Å². The van der Waals surface area contributed by atoms with E-state index in [2.05, 4.69) is 15.5 Å². The number of carbonyl (C=O) groups excluding carboxylic acids is 2. The molecule has 1 aromatic carbocycles. The molecule has 4 N–H and O–H groups in total. The molecule has 178 valence electrons. The van der Waals surface area contributed by atoms with Crippen molar-refractivity contribution in [3.8, 4) is 5.75 Å². The Hall–Kier alpha value is -1.87. The summed E-state index contributed by atoms with van der Waals surface area (Å²) in [5.41, 5.74) is 6.58. The second-order valence-electron chi connectivity index (χ2n) is 9.09. The number of benzene rings is 1. The summed E-state index contributed by atoms with van der Waals surface area (Å²) in [6.45, 7) is 3.98. The van der Waals surface area contributed by atoms with E-state index in [-0.39, 0.29) is 18.0 Å². The van der Waals surface area contributed by atoms with Gasteiger partial charge in [-0.3, -0.25) is 14.5 Å². The van der Waals surface area contributed by atoms with E-state index in [9.17, 15) is 9.59 Å². The van der Waals surface area contributed by atoms with Crippen molar-refractivity contribution in [1.29, 1.82) is 0 Å². The molecular formula is C23H36ClN5O3. The molecule has 32 heavy (non-hydrogen) atoms. The fourth-order valence-corrected chi connectivity index (χ4v) is 4.99. The average molecular weight is 466 g/mol. The summed E-state index contributed by atoms with van der Waals surface area (Å²) in [5, 5.41) is 6.84. The number of ketones is 1. The van der Waals surface area contributed by atoms with Crippen molar-refractivity contribution in [2.75, 3.05) is 59.7 Å². The average Bonchev–Trinajstić information content (AvgIpc) is 2.77. The Bertz CT molecular complexity index is 805. The predicted molar refractivity (Wildman–Crippen MR) is 127 cm³/mol. The fourth-order valence-electron chi connectivity index (χ4n) is 4.83. The number of hydrogen-bond acceptors (Lipinski definition) is 7. The Kier molecular flexibility index (Phi) is 8.76. The molecule has 0 spiro atoms. The van der Waals surface area contributed by atoms with Gasteiger partial charge in [0, 0.05) is 25.2 Å². The van der Waals surface area contributed by atoms with Gasteiger partial charge < -0.3 is 26.0 Å². The van der Waals surface area contributed by atoms with Gasteiger partial charge in [0.05, 0.1) is 36.0 Å². The van der Waals surface area contributed by atoms with Gasteiger partial charge >= 0.3 is 0 Å². The van der Waals surface area contributed by atoms with Gasteiger partial charge in [-0.1, -0.05) is 11.6 Å². The van der Waals surface area contributed by atoms with Crippen molar-refractivity contribution in [1.82, 2.24) is 20.4 Å². The Morgan fingerprint density at radius 3 is 2.50 bits per heavy atom. The van der Waals surface area contributed by atoms with Crippen LogP contribution in [0.1, 0.15) is 36.0 Å². The summed E-state index contributed by atoms with van der Waals surface area (Å²) in [6, 6.07) is 3.11. The minimum atomic E-state index is -0.221. The number of halogens is 1. The van der Waals surface area contributed by atoms with E-state index in [0.29, 0.717) is 40.3 Å². The number of likely N-dealkylation sites (N-methyl/N-ethyl adjacent to an activating group) is 1. The van der Waals surface area contributed by atoms with Crippen LogP contribution >= 0.6 is 11.6 Å². The Morgan fingerprint density at radius 2 is 1.91 bits per heavy atom. The molecule has 3 rings (SSSR count). The zero-order valence-corrected chi connectivity index (χ0v) is 20.1. The van der Waals surface area contributed by atoms with Crippen LogP contribution in [0.3, 0.4) is 0 Å². The highest BCUT2D eigenvalue weighted by Crippen LogP contribution is 2.29. The number of hydrogen-bond donors (Lipinski definition) is 3. The summed E-state index contributed by atoms with van der Waals surface area (Å²) < 4.78 is 5.31. The van der Waals surface area contributed by atoms with Crippen LogP contribution in [0.2, 0.25) is 5.02 Å². The maximum atomic E-state index is 13.1. The molecule has 8 nitrogen and oxygen atoms in total. The topological polar surface area (TPSA) is 99.9 Å². The summed E-state index contributed by atoms with van der Waals surface area (Å²) in [7, 11) is 5.39. The molecule has 2 saturated heterocycles. The second kappa shape index (κ2) is 11.3. The number of ether oxygens (including phenoxy) is 1. The maximum absolute atomic E-state index is 13.1. The van der Waals surface area contributed by atoms with Gasteiger partial charge in [-0.25, -0.2) is 0 Å². The van der Waals surface area contributed by atoms with Crippen molar-refractivity contribution in [2.45, 2.75) is 37.8 Å². The minimum Gasteiger partial charge on any atom is -0.496 e. The molecule has 2 aliphatic heterocycles. The van der Waals surface area contributed by atoms with Gasteiger partial charge in [-0.15, -0.1) is 0 Å². The minimum absolute atomic E-state index is 0.0393. The highest BCUT2D eigenvalue weighted by atomic mass is 35.5. The van der Waals surface area contributed by atoms with Crippen LogP contribution in [-0.2, 0) is 4.79 Å². The van der Waals surface area contributed by atoms with Gasteiger partial charge in [-0.05, 0) is 64.9 Å².